The first kappa shape index (κ1) is 12.4. The molecule has 0 atom stereocenters. The fraction of sp³-hybridized carbons (Fsp3) is 0.438. The fourth-order valence-electron chi connectivity index (χ4n) is 2.68. The molecule has 0 amide bonds. The van der Waals surface area contributed by atoms with Crippen molar-refractivity contribution in [3.8, 4) is 5.69 Å². The highest BCUT2D eigenvalue weighted by atomic mass is 35.5. The van der Waals surface area contributed by atoms with Gasteiger partial charge in [-0.2, -0.15) is 5.10 Å². The molecule has 2 fully saturated rings. The molecule has 2 saturated carbocycles. The van der Waals surface area contributed by atoms with Gasteiger partial charge in [0.15, 0.2) is 0 Å². The molecule has 20 heavy (non-hydrogen) atoms. The van der Waals surface area contributed by atoms with E-state index in [9.17, 15) is 0 Å². The lowest BCUT2D eigenvalue weighted by molar-refractivity contribution is 0.679. The molecule has 104 valence electrons. The van der Waals surface area contributed by atoms with E-state index in [-0.39, 0.29) is 0 Å². The number of halogens is 1. The molecule has 3 nitrogen and oxygen atoms in total. The summed E-state index contributed by atoms with van der Waals surface area (Å²) in [6, 6.07) is 8.68. The molecule has 4 heteroatoms. The molecule has 0 radical (unpaired) electrons. The molecule has 0 aliphatic heterocycles. The van der Waals surface area contributed by atoms with Crippen molar-refractivity contribution in [3.05, 3.63) is 46.7 Å². The summed E-state index contributed by atoms with van der Waals surface area (Å²) < 4.78 is 2.08. The molecular weight excluding hydrogens is 270 g/mol. The van der Waals surface area contributed by atoms with Crippen molar-refractivity contribution in [2.45, 2.75) is 44.2 Å². The normalized spacial score (nSPS) is 18.4. The molecule has 1 heterocycles. The Labute approximate surface area is 123 Å². The Kier molecular flexibility index (Phi) is 3.04. The average molecular weight is 288 g/mol. The Hall–Kier alpha value is -1.32. The van der Waals surface area contributed by atoms with Crippen LogP contribution >= 0.6 is 11.6 Å². The van der Waals surface area contributed by atoms with Gasteiger partial charge >= 0.3 is 0 Å². The van der Waals surface area contributed by atoms with Gasteiger partial charge in [-0.15, -0.1) is 0 Å². The number of rotatable bonds is 5. The van der Waals surface area contributed by atoms with Crippen LogP contribution in [0.25, 0.3) is 5.69 Å². The Morgan fingerprint density at radius 3 is 2.80 bits per heavy atom. The molecule has 0 bridgehead atoms. The first-order chi connectivity index (χ1) is 9.81. The van der Waals surface area contributed by atoms with Crippen LogP contribution < -0.4 is 5.32 Å². The molecule has 2 aliphatic carbocycles. The minimum atomic E-state index is 0.674. The summed E-state index contributed by atoms with van der Waals surface area (Å²) in [7, 11) is 0. The van der Waals surface area contributed by atoms with Gasteiger partial charge in [-0.1, -0.05) is 17.7 Å². The molecule has 0 unspecified atom stereocenters. The number of nitrogens with zero attached hydrogens (tertiary/aromatic N) is 2. The summed E-state index contributed by atoms with van der Waals surface area (Å²) in [5.41, 5.74) is 3.79. The second kappa shape index (κ2) is 4.90. The van der Waals surface area contributed by atoms with Crippen molar-refractivity contribution in [2.75, 3.05) is 0 Å². The van der Waals surface area contributed by atoms with Gasteiger partial charge in [-0.3, -0.25) is 0 Å². The topological polar surface area (TPSA) is 29.9 Å². The Balaban J connectivity index is 1.67. The lowest BCUT2D eigenvalue weighted by atomic mass is 10.1. The fourth-order valence-corrected chi connectivity index (χ4v) is 2.86. The summed E-state index contributed by atoms with van der Waals surface area (Å²) in [5, 5.41) is 8.96. The lowest BCUT2D eigenvalue weighted by Gasteiger charge is -2.10. The van der Waals surface area contributed by atoms with E-state index in [2.05, 4.69) is 21.2 Å². The van der Waals surface area contributed by atoms with Crippen LogP contribution in [0, 0.1) is 0 Å². The predicted octanol–water partition coefficient (Wildman–Crippen LogP) is 3.66. The van der Waals surface area contributed by atoms with Crippen LogP contribution in [0.3, 0.4) is 0 Å². The number of hydrogen-bond acceptors (Lipinski definition) is 2. The average Bonchev–Trinajstić information content (AvgIpc) is 3.36. The summed E-state index contributed by atoms with van der Waals surface area (Å²) >= 11 is 6.11. The van der Waals surface area contributed by atoms with Gasteiger partial charge in [0.1, 0.15) is 0 Å². The van der Waals surface area contributed by atoms with Crippen molar-refractivity contribution in [3.63, 3.8) is 0 Å². The minimum absolute atomic E-state index is 0.674. The number of nitrogens with one attached hydrogen (secondary N) is 1. The third-order valence-electron chi connectivity index (χ3n) is 4.06. The number of benzene rings is 1. The molecule has 1 N–H and O–H groups in total. The van der Waals surface area contributed by atoms with Crippen LogP contribution in [0.2, 0.25) is 5.02 Å². The molecule has 1 aromatic heterocycles. The largest absolute Gasteiger partial charge is 0.310 e. The maximum atomic E-state index is 6.11. The molecule has 2 aliphatic rings. The number of aromatic nitrogens is 2. The van der Waals surface area contributed by atoms with E-state index >= 15 is 0 Å². The van der Waals surface area contributed by atoms with Crippen LogP contribution in [0.5, 0.6) is 0 Å². The highest BCUT2D eigenvalue weighted by Crippen LogP contribution is 2.42. The van der Waals surface area contributed by atoms with Crippen LogP contribution in [0.1, 0.15) is 42.9 Å². The van der Waals surface area contributed by atoms with E-state index in [4.69, 9.17) is 11.6 Å². The second-order valence-electron chi connectivity index (χ2n) is 5.88. The summed E-state index contributed by atoms with van der Waals surface area (Å²) in [4.78, 5) is 0. The Morgan fingerprint density at radius 1 is 1.25 bits per heavy atom. The van der Waals surface area contributed by atoms with Gasteiger partial charge in [0, 0.05) is 29.1 Å². The van der Waals surface area contributed by atoms with Crippen molar-refractivity contribution in [1.82, 2.24) is 15.1 Å². The van der Waals surface area contributed by atoms with Crippen LogP contribution in [-0.2, 0) is 6.54 Å². The van der Waals surface area contributed by atoms with Gasteiger partial charge in [0.25, 0.3) is 0 Å². The monoisotopic (exact) mass is 287 g/mol. The Morgan fingerprint density at radius 2 is 2.10 bits per heavy atom. The van der Waals surface area contributed by atoms with E-state index in [0.717, 1.165) is 23.3 Å². The molecule has 0 saturated heterocycles. The molecule has 4 rings (SSSR count). The first-order valence-electron chi connectivity index (χ1n) is 7.37. The second-order valence-corrected chi connectivity index (χ2v) is 6.31. The number of hydrogen-bond donors (Lipinski definition) is 1. The summed E-state index contributed by atoms with van der Waals surface area (Å²) in [5.74, 6) is 0.674. The molecule has 1 aromatic carbocycles. The zero-order chi connectivity index (χ0) is 13.5. The van der Waals surface area contributed by atoms with Gasteiger partial charge in [-0.05, 0) is 43.9 Å². The smallest absolute Gasteiger partial charge is 0.0663 e. The Bertz CT molecular complexity index is 626. The lowest BCUT2D eigenvalue weighted by Crippen LogP contribution is -2.16. The summed E-state index contributed by atoms with van der Waals surface area (Å²) in [6.07, 6.45) is 7.22. The predicted molar refractivity (Wildman–Crippen MR) is 80.4 cm³/mol. The van der Waals surface area contributed by atoms with E-state index in [0.29, 0.717) is 5.92 Å². The van der Waals surface area contributed by atoms with E-state index in [1.807, 2.05) is 24.4 Å². The SMILES string of the molecule is Clc1cccc(-n2ncc(CNC3CC3)c2C2CC2)c1. The summed E-state index contributed by atoms with van der Waals surface area (Å²) in [6.45, 7) is 0.942. The zero-order valence-corrected chi connectivity index (χ0v) is 12.1. The third kappa shape index (κ3) is 2.48. The maximum Gasteiger partial charge on any atom is 0.0663 e. The van der Waals surface area contributed by atoms with Crippen molar-refractivity contribution < 1.29 is 0 Å². The van der Waals surface area contributed by atoms with E-state index < -0.39 is 0 Å². The third-order valence-corrected chi connectivity index (χ3v) is 4.30. The van der Waals surface area contributed by atoms with Crippen molar-refractivity contribution >= 4 is 11.6 Å². The molecule has 0 spiro atoms. The zero-order valence-electron chi connectivity index (χ0n) is 11.3. The molecule has 2 aromatic rings. The van der Waals surface area contributed by atoms with Crippen molar-refractivity contribution in [1.29, 1.82) is 0 Å². The van der Waals surface area contributed by atoms with Crippen LogP contribution in [0.4, 0.5) is 0 Å². The standard InChI is InChI=1S/C16H18ClN3/c17-13-2-1-3-15(8-13)20-16(11-4-5-11)12(10-19-20)9-18-14-6-7-14/h1-3,8,10-11,14,18H,4-7,9H2. The van der Waals surface area contributed by atoms with Crippen molar-refractivity contribution in [2.24, 2.45) is 0 Å². The van der Waals surface area contributed by atoms with Gasteiger partial charge in [0.05, 0.1) is 17.6 Å². The maximum absolute atomic E-state index is 6.11. The van der Waals surface area contributed by atoms with Crippen LogP contribution in [0.15, 0.2) is 30.5 Å². The highest BCUT2D eigenvalue weighted by Gasteiger charge is 2.31. The van der Waals surface area contributed by atoms with E-state index in [1.54, 1.807) is 0 Å². The quantitative estimate of drug-likeness (QED) is 0.909. The molecular formula is C16H18ClN3. The first-order valence-corrected chi connectivity index (χ1v) is 7.75. The highest BCUT2D eigenvalue weighted by molar-refractivity contribution is 6.30. The van der Waals surface area contributed by atoms with Crippen LogP contribution in [-0.4, -0.2) is 15.8 Å². The van der Waals surface area contributed by atoms with E-state index in [1.165, 1.54) is 36.9 Å². The van der Waals surface area contributed by atoms with Gasteiger partial charge < -0.3 is 5.32 Å². The van der Waals surface area contributed by atoms with Gasteiger partial charge in [0.2, 0.25) is 0 Å². The minimum Gasteiger partial charge on any atom is -0.310 e. The van der Waals surface area contributed by atoms with Gasteiger partial charge in [-0.25, -0.2) is 4.68 Å².